The Kier molecular flexibility index (Phi) is 3.82. The molecule has 0 fully saturated rings. The second-order valence-corrected chi connectivity index (χ2v) is 3.74. The third-order valence-electron chi connectivity index (χ3n) is 1.61. The van der Waals surface area contributed by atoms with Gasteiger partial charge in [-0.2, -0.15) is 13.2 Å². The van der Waals surface area contributed by atoms with Gasteiger partial charge in [-0.05, 0) is 11.8 Å². The molecule has 0 unspecified atom stereocenters. The topological polar surface area (TPSA) is 43.8 Å². The van der Waals surface area contributed by atoms with Gasteiger partial charge >= 0.3 is 5.51 Å². The highest BCUT2D eigenvalue weighted by molar-refractivity contribution is 8.00. The van der Waals surface area contributed by atoms with Crippen LogP contribution in [0.1, 0.15) is 5.69 Å². The number of hydrogen-bond donors (Lipinski definition) is 1. The fraction of sp³-hybridized carbons (Fsp3) is 0.571. The molecule has 3 nitrogen and oxygen atoms in total. The molecular formula is C7H10F3N3S. The van der Waals surface area contributed by atoms with E-state index in [1.165, 1.54) is 6.33 Å². The third-order valence-corrected chi connectivity index (χ3v) is 2.32. The van der Waals surface area contributed by atoms with Crippen molar-refractivity contribution in [3.05, 3.63) is 18.2 Å². The van der Waals surface area contributed by atoms with Gasteiger partial charge in [-0.25, -0.2) is 4.98 Å². The SMILES string of the molecule is NCc1cncn1CCSC(F)(F)F. The Labute approximate surface area is 83.5 Å². The van der Waals surface area contributed by atoms with Crippen molar-refractivity contribution < 1.29 is 13.2 Å². The minimum atomic E-state index is -4.16. The van der Waals surface area contributed by atoms with Gasteiger partial charge in [-0.1, -0.05) is 0 Å². The van der Waals surface area contributed by atoms with Crippen molar-refractivity contribution in [3.63, 3.8) is 0 Å². The van der Waals surface area contributed by atoms with Gasteiger partial charge in [0.1, 0.15) is 0 Å². The Bertz CT molecular complexity index is 284. The first-order valence-corrected chi connectivity index (χ1v) is 4.91. The van der Waals surface area contributed by atoms with Crippen LogP contribution in [-0.4, -0.2) is 20.8 Å². The van der Waals surface area contributed by atoms with E-state index in [1.54, 1.807) is 10.8 Å². The van der Waals surface area contributed by atoms with E-state index in [9.17, 15) is 13.2 Å². The predicted molar refractivity (Wildman–Crippen MR) is 48.6 cm³/mol. The molecule has 1 aromatic heterocycles. The van der Waals surface area contributed by atoms with E-state index < -0.39 is 5.51 Å². The molecule has 2 N–H and O–H groups in total. The fourth-order valence-electron chi connectivity index (χ4n) is 0.979. The van der Waals surface area contributed by atoms with E-state index in [-0.39, 0.29) is 30.6 Å². The minimum absolute atomic E-state index is 0.0210. The van der Waals surface area contributed by atoms with Crippen LogP contribution in [0.25, 0.3) is 0 Å². The summed E-state index contributed by atoms with van der Waals surface area (Å²) >= 11 is -0.0384. The molecule has 0 aromatic carbocycles. The number of nitrogens with two attached hydrogens (primary N) is 1. The molecule has 14 heavy (non-hydrogen) atoms. The van der Waals surface area contributed by atoms with Crippen molar-refractivity contribution in [1.82, 2.24) is 9.55 Å². The summed E-state index contributed by atoms with van der Waals surface area (Å²) in [4.78, 5) is 3.80. The first-order valence-electron chi connectivity index (χ1n) is 3.92. The monoisotopic (exact) mass is 225 g/mol. The van der Waals surface area contributed by atoms with Gasteiger partial charge < -0.3 is 10.3 Å². The number of hydrogen-bond acceptors (Lipinski definition) is 3. The molecule has 1 rings (SSSR count). The molecule has 0 aliphatic carbocycles. The van der Waals surface area contributed by atoms with Gasteiger partial charge in [0.05, 0.1) is 12.0 Å². The molecule has 80 valence electrons. The first kappa shape index (κ1) is 11.4. The van der Waals surface area contributed by atoms with Gasteiger partial charge in [-0.3, -0.25) is 0 Å². The summed E-state index contributed by atoms with van der Waals surface area (Å²) in [5, 5.41) is 0. The molecule has 0 bridgehead atoms. The van der Waals surface area contributed by atoms with Crippen LogP contribution in [0.4, 0.5) is 13.2 Å². The van der Waals surface area contributed by atoms with E-state index >= 15 is 0 Å². The van der Waals surface area contributed by atoms with Crippen LogP contribution in [-0.2, 0) is 13.1 Å². The van der Waals surface area contributed by atoms with Crippen molar-refractivity contribution in [1.29, 1.82) is 0 Å². The highest BCUT2D eigenvalue weighted by atomic mass is 32.2. The average Bonchev–Trinajstić information content (AvgIpc) is 2.49. The molecule has 0 aliphatic heterocycles. The maximum absolute atomic E-state index is 11.8. The zero-order valence-electron chi connectivity index (χ0n) is 7.29. The fourth-order valence-corrected chi connectivity index (χ4v) is 1.50. The number of thioether (sulfide) groups is 1. The van der Waals surface area contributed by atoms with E-state index in [2.05, 4.69) is 4.98 Å². The standard InChI is InChI=1S/C7H10F3N3S/c8-7(9,10)14-2-1-13-5-12-4-6(13)3-11/h4-5H,1-3,11H2. The molecule has 0 spiro atoms. The Balaban J connectivity index is 2.38. The molecule has 1 heterocycles. The summed E-state index contributed by atoms with van der Waals surface area (Å²) in [6, 6.07) is 0. The Morgan fingerprint density at radius 2 is 2.21 bits per heavy atom. The zero-order valence-corrected chi connectivity index (χ0v) is 8.11. The lowest BCUT2D eigenvalue weighted by Gasteiger charge is -2.07. The van der Waals surface area contributed by atoms with Crippen molar-refractivity contribution >= 4 is 11.8 Å². The summed E-state index contributed by atoms with van der Waals surface area (Å²) in [5.41, 5.74) is 1.94. The maximum atomic E-state index is 11.8. The lowest BCUT2D eigenvalue weighted by Crippen LogP contribution is -2.10. The Hall–Kier alpha value is -0.690. The van der Waals surface area contributed by atoms with Gasteiger partial charge in [-0.15, -0.1) is 0 Å². The minimum Gasteiger partial charge on any atom is -0.333 e. The third kappa shape index (κ3) is 3.59. The average molecular weight is 225 g/mol. The quantitative estimate of drug-likeness (QED) is 0.846. The number of alkyl halides is 3. The lowest BCUT2D eigenvalue weighted by atomic mass is 10.4. The number of halogens is 3. The van der Waals surface area contributed by atoms with Crippen LogP contribution in [0.15, 0.2) is 12.5 Å². The van der Waals surface area contributed by atoms with E-state index in [0.717, 1.165) is 5.69 Å². The number of aromatic nitrogens is 2. The van der Waals surface area contributed by atoms with Gasteiger partial charge in [0, 0.05) is 25.0 Å². The molecule has 0 radical (unpaired) electrons. The van der Waals surface area contributed by atoms with Gasteiger partial charge in [0.2, 0.25) is 0 Å². The van der Waals surface area contributed by atoms with Crippen LogP contribution in [0, 0.1) is 0 Å². The van der Waals surface area contributed by atoms with Crippen molar-refractivity contribution in [2.75, 3.05) is 5.75 Å². The molecular weight excluding hydrogens is 215 g/mol. The lowest BCUT2D eigenvalue weighted by molar-refractivity contribution is -0.0328. The highest BCUT2D eigenvalue weighted by Gasteiger charge is 2.27. The van der Waals surface area contributed by atoms with Crippen LogP contribution in [0.5, 0.6) is 0 Å². The summed E-state index contributed by atoms with van der Waals surface area (Å²) in [7, 11) is 0. The van der Waals surface area contributed by atoms with Crippen LogP contribution < -0.4 is 5.73 Å². The normalized spacial score (nSPS) is 12.0. The number of rotatable bonds is 4. The zero-order chi connectivity index (χ0) is 10.6. The Morgan fingerprint density at radius 3 is 2.79 bits per heavy atom. The molecule has 0 aliphatic rings. The first-order chi connectivity index (χ1) is 6.53. The number of nitrogens with zero attached hydrogens (tertiary/aromatic N) is 2. The van der Waals surface area contributed by atoms with Crippen molar-refractivity contribution in [2.24, 2.45) is 5.73 Å². The molecule has 0 saturated carbocycles. The van der Waals surface area contributed by atoms with Crippen molar-refractivity contribution in [2.45, 2.75) is 18.6 Å². The number of aryl methyl sites for hydroxylation is 1. The van der Waals surface area contributed by atoms with Crippen LogP contribution >= 0.6 is 11.8 Å². The number of imidazole rings is 1. The van der Waals surface area contributed by atoms with E-state index in [0.29, 0.717) is 0 Å². The summed E-state index contributed by atoms with van der Waals surface area (Å²) in [6.07, 6.45) is 3.04. The molecule has 7 heteroatoms. The second kappa shape index (κ2) is 4.70. The van der Waals surface area contributed by atoms with Crippen LogP contribution in [0.3, 0.4) is 0 Å². The summed E-state index contributed by atoms with van der Waals surface area (Å²) in [5.74, 6) is -0.0210. The van der Waals surface area contributed by atoms with Gasteiger partial charge in [0.25, 0.3) is 0 Å². The summed E-state index contributed by atoms with van der Waals surface area (Å²) < 4.78 is 37.0. The molecule has 1 aromatic rings. The smallest absolute Gasteiger partial charge is 0.333 e. The van der Waals surface area contributed by atoms with Gasteiger partial charge in [0.15, 0.2) is 0 Å². The highest BCUT2D eigenvalue weighted by Crippen LogP contribution is 2.29. The van der Waals surface area contributed by atoms with E-state index in [4.69, 9.17) is 5.73 Å². The predicted octanol–water partition coefficient (Wildman–Crippen LogP) is 1.59. The molecule has 0 amide bonds. The largest absolute Gasteiger partial charge is 0.441 e. The summed E-state index contributed by atoms with van der Waals surface area (Å²) in [6.45, 7) is 0.563. The Morgan fingerprint density at radius 1 is 1.50 bits per heavy atom. The molecule has 0 saturated heterocycles. The van der Waals surface area contributed by atoms with Crippen molar-refractivity contribution in [3.8, 4) is 0 Å². The molecule has 0 atom stereocenters. The van der Waals surface area contributed by atoms with E-state index in [1.807, 2.05) is 0 Å². The maximum Gasteiger partial charge on any atom is 0.441 e. The van der Waals surface area contributed by atoms with Crippen LogP contribution in [0.2, 0.25) is 0 Å². The second-order valence-electron chi connectivity index (χ2n) is 2.58.